The van der Waals surface area contributed by atoms with E-state index in [1.54, 1.807) is 11.3 Å². The first-order chi connectivity index (χ1) is 28.2. The lowest BCUT2D eigenvalue weighted by Crippen LogP contribution is -1.97. The van der Waals surface area contributed by atoms with Crippen LogP contribution in [-0.4, -0.2) is 24.9 Å². The van der Waals surface area contributed by atoms with Crippen molar-refractivity contribution in [1.29, 1.82) is 0 Å². The number of nitrogens with zero attached hydrogens (tertiary/aromatic N) is 5. The largest absolute Gasteiger partial charge is 0.256 e. The van der Waals surface area contributed by atoms with Crippen molar-refractivity contribution in [2.45, 2.75) is 0 Å². The molecule has 6 heteroatoms. The molecule has 0 aliphatic carbocycles. The smallest absolute Gasteiger partial charge is 0.161 e. The van der Waals surface area contributed by atoms with Gasteiger partial charge in [-0.15, -0.1) is 11.3 Å². The minimum absolute atomic E-state index is 0.672. The zero-order chi connectivity index (χ0) is 37.5. The maximum atomic E-state index is 5.43. The first kappa shape index (κ1) is 31.9. The molecule has 12 aromatic rings. The van der Waals surface area contributed by atoms with Crippen molar-refractivity contribution >= 4 is 85.8 Å². The van der Waals surface area contributed by atoms with Gasteiger partial charge >= 0.3 is 0 Å². The van der Waals surface area contributed by atoms with Gasteiger partial charge in [0.2, 0.25) is 0 Å². The van der Waals surface area contributed by atoms with Gasteiger partial charge in [0.15, 0.2) is 11.6 Å². The van der Waals surface area contributed by atoms with Crippen molar-refractivity contribution in [3.05, 3.63) is 176 Å². The van der Waals surface area contributed by atoms with Crippen molar-refractivity contribution in [2.24, 2.45) is 0 Å². The third-order valence-electron chi connectivity index (χ3n) is 11.1. The molecule has 0 unspecified atom stereocenters. The molecule has 0 aliphatic heterocycles. The summed E-state index contributed by atoms with van der Waals surface area (Å²) in [7, 11) is 0. The van der Waals surface area contributed by atoms with Crippen LogP contribution in [-0.2, 0) is 0 Å². The average Bonchev–Trinajstić information content (AvgIpc) is 3.66. The van der Waals surface area contributed by atoms with Crippen LogP contribution >= 0.6 is 11.3 Å². The molecule has 0 aliphatic rings. The zero-order valence-electron chi connectivity index (χ0n) is 30.4. The Morgan fingerprint density at radius 2 is 1.02 bits per heavy atom. The summed E-state index contributed by atoms with van der Waals surface area (Å²) in [4.78, 5) is 25.9. The Hall–Kier alpha value is -7.41. The zero-order valence-corrected chi connectivity index (χ0v) is 31.2. The molecule has 4 aromatic heterocycles. The molecule has 264 valence electrons. The van der Waals surface area contributed by atoms with Gasteiger partial charge in [-0.05, 0) is 68.7 Å². The van der Waals surface area contributed by atoms with Gasteiger partial charge in [-0.1, -0.05) is 133 Å². The van der Waals surface area contributed by atoms with Gasteiger partial charge in [0, 0.05) is 49.3 Å². The summed E-state index contributed by atoms with van der Waals surface area (Å²) in [6, 6.07) is 59.6. The monoisotopic (exact) mass is 743 g/mol. The van der Waals surface area contributed by atoms with Crippen LogP contribution in [0.25, 0.3) is 120 Å². The molecular weight excluding hydrogens is 715 g/mol. The van der Waals surface area contributed by atoms with Gasteiger partial charge in [-0.3, -0.25) is 4.98 Å². The molecule has 4 heterocycles. The highest BCUT2D eigenvalue weighted by Gasteiger charge is 2.20. The Bertz CT molecular complexity index is 3590. The molecule has 0 N–H and O–H groups in total. The topological polar surface area (TPSA) is 64.5 Å². The van der Waals surface area contributed by atoms with E-state index in [0.29, 0.717) is 5.82 Å². The average molecular weight is 744 g/mol. The second-order valence-corrected chi connectivity index (χ2v) is 15.5. The van der Waals surface area contributed by atoms with Crippen LogP contribution in [0.2, 0.25) is 0 Å². The van der Waals surface area contributed by atoms with E-state index >= 15 is 0 Å². The van der Waals surface area contributed by atoms with Crippen molar-refractivity contribution < 1.29 is 0 Å². The second-order valence-electron chi connectivity index (χ2n) is 14.4. The first-order valence-electron chi connectivity index (χ1n) is 19.0. The summed E-state index contributed by atoms with van der Waals surface area (Å²) in [5, 5.41) is 10.2. The van der Waals surface area contributed by atoms with Crippen molar-refractivity contribution in [1.82, 2.24) is 24.9 Å². The molecule has 5 nitrogen and oxygen atoms in total. The Labute approximate surface area is 330 Å². The maximum Gasteiger partial charge on any atom is 0.161 e. The van der Waals surface area contributed by atoms with E-state index < -0.39 is 0 Å². The minimum atomic E-state index is 0.672. The van der Waals surface area contributed by atoms with E-state index in [9.17, 15) is 0 Å². The van der Waals surface area contributed by atoms with Crippen LogP contribution in [0.4, 0.5) is 0 Å². The summed E-state index contributed by atoms with van der Waals surface area (Å²) < 4.78 is 2.26. The number of pyridine rings is 1. The van der Waals surface area contributed by atoms with Gasteiger partial charge in [0.25, 0.3) is 0 Å². The van der Waals surface area contributed by atoms with E-state index in [0.717, 1.165) is 93.0 Å². The first-order valence-corrected chi connectivity index (χ1v) is 19.8. The van der Waals surface area contributed by atoms with E-state index in [2.05, 4.69) is 157 Å². The summed E-state index contributed by atoms with van der Waals surface area (Å²) in [6.07, 6.45) is 1.82. The fraction of sp³-hybridized carbons (Fsp3) is 0. The van der Waals surface area contributed by atoms with Crippen molar-refractivity contribution in [3.63, 3.8) is 0 Å². The number of hydrogen-bond acceptors (Lipinski definition) is 6. The molecule has 57 heavy (non-hydrogen) atoms. The molecule has 0 atom stereocenters. The SMILES string of the molecule is c1ccc2cc3c(-c4ccc(-c5nc(-c6cc7ccccc7c7ccccc67)nc6c5sc5ccccc56)cc4)nc(-c4cccc5ncccc45)nc3cc2c1. The summed E-state index contributed by atoms with van der Waals surface area (Å²) in [6.45, 7) is 0. The Kier molecular flexibility index (Phi) is 7.03. The fourth-order valence-electron chi connectivity index (χ4n) is 8.39. The van der Waals surface area contributed by atoms with Crippen LogP contribution in [0.15, 0.2) is 176 Å². The summed E-state index contributed by atoms with van der Waals surface area (Å²) in [5.41, 5.74) is 8.58. The van der Waals surface area contributed by atoms with E-state index in [-0.39, 0.29) is 0 Å². The lowest BCUT2D eigenvalue weighted by Gasteiger charge is -2.13. The summed E-state index contributed by atoms with van der Waals surface area (Å²) >= 11 is 1.75. The van der Waals surface area contributed by atoms with Gasteiger partial charge in [-0.2, -0.15) is 0 Å². The van der Waals surface area contributed by atoms with Crippen LogP contribution in [0.1, 0.15) is 0 Å². The Morgan fingerprint density at radius 1 is 0.368 bits per heavy atom. The minimum Gasteiger partial charge on any atom is -0.256 e. The molecule has 12 rings (SSSR count). The quantitative estimate of drug-likeness (QED) is 0.133. The molecule has 0 saturated carbocycles. The van der Waals surface area contributed by atoms with Crippen LogP contribution in [0, 0.1) is 0 Å². The van der Waals surface area contributed by atoms with Crippen LogP contribution in [0.5, 0.6) is 0 Å². The number of aromatic nitrogens is 5. The molecule has 8 aromatic carbocycles. The number of hydrogen-bond donors (Lipinski definition) is 0. The molecule has 0 spiro atoms. The standard InChI is InChI=1S/C51H29N5S/c1-2-12-33-29-44-42(27-32(33)11-1)46(54-50(53-44)39-18-9-20-43-38(39)19-10-26-52-43)30-22-24-31(25-23-30)47-49-48(40-17-7-8-21-45(40)57-49)56-51(55-47)41-28-34-13-3-4-14-35(34)36-15-5-6-16-37(36)41/h1-29H. The number of fused-ring (bicyclic) bond motifs is 9. The fourth-order valence-corrected chi connectivity index (χ4v) is 9.54. The number of benzene rings is 8. The van der Waals surface area contributed by atoms with Crippen LogP contribution in [0.3, 0.4) is 0 Å². The third kappa shape index (κ3) is 5.12. The molecule has 0 saturated heterocycles. The highest BCUT2D eigenvalue weighted by Crippen LogP contribution is 2.42. The molecule has 0 fully saturated rings. The van der Waals surface area contributed by atoms with Crippen LogP contribution < -0.4 is 0 Å². The highest BCUT2D eigenvalue weighted by molar-refractivity contribution is 7.26. The number of rotatable bonds is 4. The van der Waals surface area contributed by atoms with E-state index in [4.69, 9.17) is 19.9 Å². The predicted molar refractivity (Wildman–Crippen MR) is 238 cm³/mol. The van der Waals surface area contributed by atoms with Crippen molar-refractivity contribution in [3.8, 4) is 45.3 Å². The van der Waals surface area contributed by atoms with E-state index in [1.807, 2.05) is 24.4 Å². The van der Waals surface area contributed by atoms with Gasteiger partial charge in [-0.25, -0.2) is 19.9 Å². The van der Waals surface area contributed by atoms with Gasteiger partial charge in [0.05, 0.1) is 32.6 Å². The van der Waals surface area contributed by atoms with Gasteiger partial charge < -0.3 is 0 Å². The summed E-state index contributed by atoms with van der Waals surface area (Å²) in [5.74, 6) is 1.39. The third-order valence-corrected chi connectivity index (χ3v) is 12.3. The van der Waals surface area contributed by atoms with Gasteiger partial charge in [0.1, 0.15) is 0 Å². The Balaban J connectivity index is 1.07. The molecule has 0 bridgehead atoms. The normalized spacial score (nSPS) is 11.9. The molecular formula is C51H29N5S. The van der Waals surface area contributed by atoms with E-state index in [1.165, 1.54) is 20.9 Å². The Morgan fingerprint density at radius 3 is 1.86 bits per heavy atom. The lowest BCUT2D eigenvalue weighted by molar-refractivity contribution is 1.23. The predicted octanol–water partition coefficient (Wildman–Crippen LogP) is 13.5. The second kappa shape index (κ2) is 12.6. The number of thiophene rings is 1. The molecule has 0 radical (unpaired) electrons. The highest BCUT2D eigenvalue weighted by atomic mass is 32.1. The lowest BCUT2D eigenvalue weighted by atomic mass is 9.96. The van der Waals surface area contributed by atoms with Crippen molar-refractivity contribution in [2.75, 3.05) is 0 Å². The maximum absolute atomic E-state index is 5.43. The molecule has 0 amide bonds.